The Morgan fingerprint density at radius 1 is 1.29 bits per heavy atom. The van der Waals surface area contributed by atoms with E-state index in [4.69, 9.17) is 0 Å². The number of benzene rings is 1. The highest BCUT2D eigenvalue weighted by Gasteiger charge is 2.30. The molecule has 5 nitrogen and oxygen atoms in total. The van der Waals surface area contributed by atoms with E-state index in [-0.39, 0.29) is 23.8 Å². The lowest BCUT2D eigenvalue weighted by molar-refractivity contribution is -0.121. The highest BCUT2D eigenvalue weighted by molar-refractivity contribution is 7.22. The van der Waals surface area contributed by atoms with Crippen LogP contribution in [0.1, 0.15) is 26.2 Å². The van der Waals surface area contributed by atoms with Crippen LogP contribution in [0, 0.1) is 5.92 Å². The van der Waals surface area contributed by atoms with Crippen molar-refractivity contribution in [3.05, 3.63) is 24.3 Å². The maximum Gasteiger partial charge on any atom is 0.229 e. The third-order valence-corrected chi connectivity index (χ3v) is 4.69. The summed E-state index contributed by atoms with van der Waals surface area (Å²) < 4.78 is 1.07. The second-order valence-electron chi connectivity index (χ2n) is 5.38. The summed E-state index contributed by atoms with van der Waals surface area (Å²) in [5.41, 5.74) is 0.903. The Kier molecular flexibility index (Phi) is 3.88. The number of hydrogen-bond donors (Lipinski definition) is 2. The number of nitrogens with zero attached hydrogens (tertiary/aromatic N) is 1. The number of fused-ring (bicyclic) bond motifs is 1. The van der Waals surface area contributed by atoms with Gasteiger partial charge in [-0.15, -0.1) is 0 Å². The maximum absolute atomic E-state index is 12.3. The fraction of sp³-hybridized carbons (Fsp3) is 0.400. The highest BCUT2D eigenvalue weighted by atomic mass is 32.1. The zero-order valence-electron chi connectivity index (χ0n) is 11.8. The average Bonchev–Trinajstić information content (AvgIpc) is 3.03. The van der Waals surface area contributed by atoms with Crippen LogP contribution in [-0.4, -0.2) is 22.8 Å². The molecule has 0 aliphatic heterocycles. The minimum atomic E-state index is -0.0473. The molecule has 21 heavy (non-hydrogen) atoms. The molecule has 0 spiro atoms. The van der Waals surface area contributed by atoms with Crippen LogP contribution in [0.25, 0.3) is 10.2 Å². The molecule has 0 unspecified atom stereocenters. The van der Waals surface area contributed by atoms with Crippen molar-refractivity contribution in [2.24, 2.45) is 5.92 Å². The summed E-state index contributed by atoms with van der Waals surface area (Å²) >= 11 is 1.48. The molecule has 2 aromatic rings. The van der Waals surface area contributed by atoms with Crippen LogP contribution in [0.15, 0.2) is 24.3 Å². The van der Waals surface area contributed by atoms with Gasteiger partial charge in [0.15, 0.2) is 5.13 Å². The SMILES string of the molecule is CC(=O)N[C@@H]1CC[C@H](C(=O)Nc2nc3ccccc3s2)C1. The van der Waals surface area contributed by atoms with Gasteiger partial charge in [0.25, 0.3) is 0 Å². The van der Waals surface area contributed by atoms with E-state index in [0.717, 1.165) is 23.1 Å². The van der Waals surface area contributed by atoms with Crippen molar-refractivity contribution < 1.29 is 9.59 Å². The quantitative estimate of drug-likeness (QED) is 0.915. The van der Waals surface area contributed by atoms with Gasteiger partial charge in [-0.3, -0.25) is 9.59 Å². The van der Waals surface area contributed by atoms with Gasteiger partial charge in [0.1, 0.15) is 0 Å². The Morgan fingerprint density at radius 2 is 2.10 bits per heavy atom. The lowest BCUT2D eigenvalue weighted by Gasteiger charge is -2.11. The molecule has 1 fully saturated rings. The molecule has 1 aromatic heterocycles. The number of nitrogens with one attached hydrogen (secondary N) is 2. The Labute approximate surface area is 126 Å². The third kappa shape index (κ3) is 3.21. The molecule has 3 rings (SSSR count). The van der Waals surface area contributed by atoms with Crippen molar-refractivity contribution in [3.63, 3.8) is 0 Å². The molecule has 1 heterocycles. The van der Waals surface area contributed by atoms with Gasteiger partial charge in [-0.2, -0.15) is 0 Å². The summed E-state index contributed by atoms with van der Waals surface area (Å²) in [5, 5.41) is 6.43. The molecule has 2 amide bonds. The Balaban J connectivity index is 1.62. The fourth-order valence-electron chi connectivity index (χ4n) is 2.77. The largest absolute Gasteiger partial charge is 0.354 e. The van der Waals surface area contributed by atoms with Crippen LogP contribution in [0.4, 0.5) is 5.13 Å². The van der Waals surface area contributed by atoms with Gasteiger partial charge in [-0.25, -0.2) is 4.98 Å². The van der Waals surface area contributed by atoms with Crippen molar-refractivity contribution in [2.45, 2.75) is 32.2 Å². The predicted molar refractivity (Wildman–Crippen MR) is 83.2 cm³/mol. The number of anilines is 1. The fourth-order valence-corrected chi connectivity index (χ4v) is 3.64. The maximum atomic E-state index is 12.3. The van der Waals surface area contributed by atoms with E-state index in [9.17, 15) is 9.59 Å². The van der Waals surface area contributed by atoms with Crippen LogP contribution in [0.5, 0.6) is 0 Å². The monoisotopic (exact) mass is 303 g/mol. The van der Waals surface area contributed by atoms with E-state index >= 15 is 0 Å². The summed E-state index contributed by atoms with van der Waals surface area (Å²) in [6.07, 6.45) is 2.37. The molecular formula is C15H17N3O2S. The lowest BCUT2D eigenvalue weighted by atomic mass is 10.1. The van der Waals surface area contributed by atoms with E-state index in [1.165, 1.54) is 18.3 Å². The van der Waals surface area contributed by atoms with Crippen molar-refractivity contribution >= 4 is 38.5 Å². The molecule has 6 heteroatoms. The van der Waals surface area contributed by atoms with Crippen LogP contribution in [0.2, 0.25) is 0 Å². The third-order valence-electron chi connectivity index (χ3n) is 3.73. The number of para-hydroxylation sites is 1. The molecule has 0 bridgehead atoms. The normalized spacial score (nSPS) is 21.4. The van der Waals surface area contributed by atoms with Crippen molar-refractivity contribution in [1.29, 1.82) is 0 Å². The first-order valence-electron chi connectivity index (χ1n) is 7.05. The molecule has 1 aromatic carbocycles. The summed E-state index contributed by atoms with van der Waals surface area (Å²) in [6.45, 7) is 1.51. The molecule has 0 saturated heterocycles. The van der Waals surface area contributed by atoms with Gasteiger partial charge >= 0.3 is 0 Å². The minimum Gasteiger partial charge on any atom is -0.354 e. The Bertz CT molecular complexity index is 649. The predicted octanol–water partition coefficient (Wildman–Crippen LogP) is 2.54. The molecule has 0 radical (unpaired) electrons. The number of amides is 2. The van der Waals surface area contributed by atoms with E-state index < -0.39 is 0 Å². The molecule has 1 aliphatic carbocycles. The van der Waals surface area contributed by atoms with Gasteiger partial charge in [0, 0.05) is 18.9 Å². The first-order chi connectivity index (χ1) is 10.1. The first kappa shape index (κ1) is 14.0. The zero-order chi connectivity index (χ0) is 14.8. The van der Waals surface area contributed by atoms with Gasteiger partial charge in [-0.05, 0) is 31.4 Å². The summed E-state index contributed by atoms with van der Waals surface area (Å²) in [4.78, 5) is 27.7. The number of carbonyl (C=O) groups is 2. The van der Waals surface area contributed by atoms with Gasteiger partial charge < -0.3 is 10.6 Å². The number of hydrogen-bond acceptors (Lipinski definition) is 4. The highest BCUT2D eigenvalue weighted by Crippen LogP contribution is 2.29. The zero-order valence-corrected chi connectivity index (χ0v) is 12.6. The molecule has 110 valence electrons. The minimum absolute atomic E-state index is 0.00177. The number of thiazole rings is 1. The van der Waals surface area contributed by atoms with Crippen molar-refractivity contribution in [2.75, 3.05) is 5.32 Å². The molecule has 1 aliphatic rings. The molecule has 1 saturated carbocycles. The van der Waals surface area contributed by atoms with E-state index in [1.54, 1.807) is 0 Å². The summed E-state index contributed by atoms with van der Waals surface area (Å²) in [6, 6.07) is 7.94. The smallest absolute Gasteiger partial charge is 0.229 e. The van der Waals surface area contributed by atoms with Crippen LogP contribution < -0.4 is 10.6 Å². The van der Waals surface area contributed by atoms with E-state index in [0.29, 0.717) is 11.6 Å². The Morgan fingerprint density at radius 3 is 2.86 bits per heavy atom. The summed E-state index contributed by atoms with van der Waals surface area (Å²) in [5.74, 6) is -0.0806. The van der Waals surface area contributed by atoms with Gasteiger partial charge in [0.05, 0.1) is 10.2 Å². The second kappa shape index (κ2) is 5.81. The lowest BCUT2D eigenvalue weighted by Crippen LogP contribution is -2.31. The number of aromatic nitrogens is 1. The van der Waals surface area contributed by atoms with Gasteiger partial charge in [-0.1, -0.05) is 23.5 Å². The first-order valence-corrected chi connectivity index (χ1v) is 7.87. The van der Waals surface area contributed by atoms with Crippen molar-refractivity contribution in [3.8, 4) is 0 Å². The van der Waals surface area contributed by atoms with Crippen molar-refractivity contribution in [1.82, 2.24) is 10.3 Å². The van der Waals surface area contributed by atoms with Crippen LogP contribution in [0.3, 0.4) is 0 Å². The van der Waals surface area contributed by atoms with Gasteiger partial charge in [0.2, 0.25) is 11.8 Å². The Hall–Kier alpha value is -1.95. The molecule has 2 N–H and O–H groups in total. The topological polar surface area (TPSA) is 71.1 Å². The molecular weight excluding hydrogens is 286 g/mol. The number of carbonyl (C=O) groups excluding carboxylic acids is 2. The summed E-state index contributed by atoms with van der Waals surface area (Å²) in [7, 11) is 0. The van der Waals surface area contributed by atoms with Crippen LogP contribution >= 0.6 is 11.3 Å². The second-order valence-corrected chi connectivity index (χ2v) is 6.41. The van der Waals surface area contributed by atoms with Crippen LogP contribution in [-0.2, 0) is 9.59 Å². The van der Waals surface area contributed by atoms with E-state index in [1.807, 2.05) is 24.3 Å². The standard InChI is InChI=1S/C15H17N3O2S/c1-9(19)16-11-7-6-10(8-11)14(20)18-15-17-12-4-2-3-5-13(12)21-15/h2-5,10-11H,6-8H2,1H3,(H,16,19)(H,17,18,20)/t10-,11+/m0/s1. The van der Waals surface area contributed by atoms with E-state index in [2.05, 4.69) is 15.6 Å². The number of rotatable bonds is 3. The molecule has 2 atom stereocenters. The average molecular weight is 303 g/mol.